The SMILES string of the molecule is CC(NCC(NC(=O)OC(C)(C)C)C1CC1)c1sccc1Br. The van der Waals surface area contributed by atoms with Crippen molar-refractivity contribution < 1.29 is 9.53 Å². The first kappa shape index (κ1) is 17.8. The van der Waals surface area contributed by atoms with Gasteiger partial charge in [-0.3, -0.25) is 0 Å². The number of hydrogen-bond donors (Lipinski definition) is 2. The largest absolute Gasteiger partial charge is 0.444 e. The van der Waals surface area contributed by atoms with E-state index in [-0.39, 0.29) is 18.2 Å². The Hall–Kier alpha value is -0.590. The monoisotopic (exact) mass is 388 g/mol. The molecule has 124 valence electrons. The lowest BCUT2D eigenvalue weighted by molar-refractivity contribution is 0.0497. The van der Waals surface area contributed by atoms with E-state index in [9.17, 15) is 4.79 Å². The van der Waals surface area contributed by atoms with E-state index < -0.39 is 5.60 Å². The van der Waals surface area contributed by atoms with Crippen molar-refractivity contribution in [2.24, 2.45) is 5.92 Å². The second kappa shape index (κ2) is 7.32. The van der Waals surface area contributed by atoms with E-state index in [1.807, 2.05) is 20.8 Å². The molecule has 1 fully saturated rings. The van der Waals surface area contributed by atoms with E-state index in [4.69, 9.17) is 4.74 Å². The summed E-state index contributed by atoms with van der Waals surface area (Å²) in [6, 6.07) is 2.46. The van der Waals surface area contributed by atoms with Gasteiger partial charge in [0, 0.05) is 28.0 Å². The Morgan fingerprint density at radius 1 is 1.50 bits per heavy atom. The number of ether oxygens (including phenoxy) is 1. The molecule has 22 heavy (non-hydrogen) atoms. The maximum atomic E-state index is 12.0. The average Bonchev–Trinajstić information content (AvgIpc) is 3.14. The van der Waals surface area contributed by atoms with Crippen molar-refractivity contribution in [1.82, 2.24) is 10.6 Å². The summed E-state index contributed by atoms with van der Waals surface area (Å²) in [4.78, 5) is 13.2. The molecule has 2 N–H and O–H groups in total. The number of halogens is 1. The lowest BCUT2D eigenvalue weighted by atomic mass is 10.1. The Balaban J connectivity index is 1.85. The zero-order chi connectivity index (χ0) is 16.3. The van der Waals surface area contributed by atoms with Gasteiger partial charge in [-0.15, -0.1) is 11.3 Å². The van der Waals surface area contributed by atoms with Crippen LogP contribution in [0.1, 0.15) is 51.5 Å². The van der Waals surface area contributed by atoms with Crippen LogP contribution >= 0.6 is 27.3 Å². The molecular weight excluding hydrogens is 364 g/mol. The highest BCUT2D eigenvalue weighted by Gasteiger charge is 2.33. The summed E-state index contributed by atoms with van der Waals surface area (Å²) < 4.78 is 6.50. The molecule has 0 spiro atoms. The van der Waals surface area contributed by atoms with Gasteiger partial charge in [-0.2, -0.15) is 0 Å². The highest BCUT2D eigenvalue weighted by molar-refractivity contribution is 9.10. The topological polar surface area (TPSA) is 50.4 Å². The van der Waals surface area contributed by atoms with Crippen molar-refractivity contribution in [2.75, 3.05) is 6.54 Å². The maximum Gasteiger partial charge on any atom is 0.407 e. The van der Waals surface area contributed by atoms with Crippen molar-refractivity contribution in [3.8, 4) is 0 Å². The van der Waals surface area contributed by atoms with E-state index in [1.54, 1.807) is 11.3 Å². The number of carbonyl (C=O) groups excluding carboxylic acids is 1. The third kappa shape index (κ3) is 5.56. The number of carbonyl (C=O) groups is 1. The fourth-order valence-electron chi connectivity index (χ4n) is 2.30. The molecule has 4 nitrogen and oxygen atoms in total. The average molecular weight is 389 g/mol. The van der Waals surface area contributed by atoms with Crippen LogP contribution < -0.4 is 10.6 Å². The van der Waals surface area contributed by atoms with Crippen molar-refractivity contribution >= 4 is 33.4 Å². The summed E-state index contributed by atoms with van der Waals surface area (Å²) in [6.07, 6.45) is 2.04. The van der Waals surface area contributed by atoms with Gasteiger partial charge < -0.3 is 15.4 Å². The van der Waals surface area contributed by atoms with E-state index in [1.165, 1.54) is 17.7 Å². The zero-order valence-electron chi connectivity index (χ0n) is 13.6. The summed E-state index contributed by atoms with van der Waals surface area (Å²) >= 11 is 5.30. The van der Waals surface area contributed by atoms with Crippen molar-refractivity contribution in [1.29, 1.82) is 0 Å². The molecule has 6 heteroatoms. The Bertz CT molecular complexity index is 508. The van der Waals surface area contributed by atoms with E-state index in [2.05, 4.69) is 44.9 Å². The van der Waals surface area contributed by atoms with Gasteiger partial charge in [0.1, 0.15) is 5.60 Å². The van der Waals surface area contributed by atoms with Crippen molar-refractivity contribution in [3.63, 3.8) is 0 Å². The molecule has 2 atom stereocenters. The van der Waals surface area contributed by atoms with Gasteiger partial charge in [-0.05, 0) is 73.8 Å². The lowest BCUT2D eigenvalue weighted by Gasteiger charge is -2.25. The number of hydrogen-bond acceptors (Lipinski definition) is 4. The molecule has 1 aliphatic rings. The van der Waals surface area contributed by atoms with Gasteiger partial charge in [0.2, 0.25) is 0 Å². The maximum absolute atomic E-state index is 12.0. The van der Waals surface area contributed by atoms with Crippen LogP contribution in [0.2, 0.25) is 0 Å². The summed E-state index contributed by atoms with van der Waals surface area (Å²) in [5.41, 5.74) is -0.458. The zero-order valence-corrected chi connectivity index (χ0v) is 16.0. The molecule has 1 heterocycles. The minimum absolute atomic E-state index is 0.135. The van der Waals surface area contributed by atoms with Crippen molar-refractivity contribution in [2.45, 2.75) is 58.2 Å². The molecular formula is C16H25BrN2O2S. The molecule has 0 aromatic carbocycles. The van der Waals surface area contributed by atoms with Crippen LogP contribution in [0.15, 0.2) is 15.9 Å². The van der Waals surface area contributed by atoms with E-state index in [0.29, 0.717) is 5.92 Å². The van der Waals surface area contributed by atoms with Crippen molar-refractivity contribution in [3.05, 3.63) is 20.8 Å². The minimum Gasteiger partial charge on any atom is -0.444 e. The van der Waals surface area contributed by atoms with Gasteiger partial charge in [0.15, 0.2) is 0 Å². The molecule has 1 saturated carbocycles. The van der Waals surface area contributed by atoms with Crippen LogP contribution in [0.25, 0.3) is 0 Å². The molecule has 1 aromatic heterocycles. The van der Waals surface area contributed by atoms with Crippen LogP contribution in [0, 0.1) is 5.92 Å². The molecule has 0 aliphatic heterocycles. The second-order valence-corrected chi connectivity index (χ2v) is 8.65. The summed E-state index contributed by atoms with van der Waals surface area (Å²) in [7, 11) is 0. The molecule has 2 unspecified atom stereocenters. The first-order chi connectivity index (χ1) is 10.3. The number of rotatable bonds is 6. The number of nitrogens with one attached hydrogen (secondary N) is 2. The van der Waals surface area contributed by atoms with Crippen LogP contribution in [0.5, 0.6) is 0 Å². The summed E-state index contributed by atoms with van der Waals surface area (Å²) in [6.45, 7) is 8.55. The summed E-state index contributed by atoms with van der Waals surface area (Å²) in [5.74, 6) is 0.569. The Kier molecular flexibility index (Phi) is 5.91. The molecule has 2 rings (SSSR count). The Morgan fingerprint density at radius 3 is 2.68 bits per heavy atom. The van der Waals surface area contributed by atoms with E-state index >= 15 is 0 Å². The first-order valence-corrected chi connectivity index (χ1v) is 9.39. The van der Waals surface area contributed by atoms with Gasteiger partial charge >= 0.3 is 6.09 Å². The molecule has 0 bridgehead atoms. The Labute approximate surface area is 145 Å². The third-order valence-electron chi connectivity index (χ3n) is 3.58. The van der Waals surface area contributed by atoms with Crippen LogP contribution in [0.3, 0.4) is 0 Å². The number of amides is 1. The third-order valence-corrected chi connectivity index (χ3v) is 5.63. The van der Waals surface area contributed by atoms with Gasteiger partial charge in [-0.1, -0.05) is 0 Å². The summed E-state index contributed by atoms with van der Waals surface area (Å²) in [5, 5.41) is 8.62. The fourth-order valence-corrected chi connectivity index (χ4v) is 4.05. The van der Waals surface area contributed by atoms with Gasteiger partial charge in [-0.25, -0.2) is 4.79 Å². The molecule has 0 saturated heterocycles. The highest BCUT2D eigenvalue weighted by atomic mass is 79.9. The van der Waals surface area contributed by atoms with Crippen LogP contribution in [0.4, 0.5) is 4.79 Å². The lowest BCUT2D eigenvalue weighted by Crippen LogP contribution is -2.45. The minimum atomic E-state index is -0.458. The predicted octanol–water partition coefficient (Wildman–Crippen LogP) is 4.46. The smallest absolute Gasteiger partial charge is 0.407 e. The molecule has 1 amide bonds. The van der Waals surface area contributed by atoms with Gasteiger partial charge in [0.05, 0.1) is 0 Å². The molecule has 0 radical (unpaired) electrons. The van der Waals surface area contributed by atoms with Crippen LogP contribution in [-0.2, 0) is 4.74 Å². The fraction of sp³-hybridized carbons (Fsp3) is 0.688. The quantitative estimate of drug-likeness (QED) is 0.755. The molecule has 1 aliphatic carbocycles. The standard InChI is InChI=1S/C16H25BrN2O2S/c1-10(14-12(17)7-8-22-14)18-9-13(11-5-6-11)19-15(20)21-16(2,3)4/h7-8,10-11,13,18H,5-6,9H2,1-4H3,(H,19,20). The predicted molar refractivity (Wildman–Crippen MR) is 94.3 cm³/mol. The number of thiophene rings is 1. The number of alkyl carbamates (subject to hydrolysis) is 1. The van der Waals surface area contributed by atoms with Gasteiger partial charge in [0.25, 0.3) is 0 Å². The highest BCUT2D eigenvalue weighted by Crippen LogP contribution is 2.33. The van der Waals surface area contributed by atoms with Crippen LogP contribution in [-0.4, -0.2) is 24.3 Å². The second-order valence-electron chi connectivity index (χ2n) is 6.85. The first-order valence-electron chi connectivity index (χ1n) is 7.72. The normalized spacial score (nSPS) is 17.9. The Morgan fingerprint density at radius 2 is 2.18 bits per heavy atom. The van der Waals surface area contributed by atoms with E-state index in [0.717, 1.165) is 11.0 Å². The molecule has 1 aromatic rings.